The Bertz CT molecular complexity index is 512. The second-order valence-electron chi connectivity index (χ2n) is 4.52. The molecule has 1 aliphatic heterocycles. The van der Waals surface area contributed by atoms with Crippen molar-refractivity contribution in [3.63, 3.8) is 0 Å². The topological polar surface area (TPSA) is 69.6 Å². The number of rotatable bonds is 4. The van der Waals surface area contributed by atoms with E-state index in [9.17, 15) is 14.0 Å². The molecule has 1 fully saturated rings. The normalized spacial score (nSPS) is 18.1. The number of carboxylic acid groups (broad SMARTS) is 1. The number of nitrogens with zero attached hydrogens (tertiary/aromatic N) is 1. The van der Waals surface area contributed by atoms with Gasteiger partial charge in [0.2, 0.25) is 0 Å². The molecule has 20 heavy (non-hydrogen) atoms. The van der Waals surface area contributed by atoms with E-state index in [1.807, 2.05) is 0 Å². The summed E-state index contributed by atoms with van der Waals surface area (Å²) in [5.74, 6) is -0.873. The van der Waals surface area contributed by atoms with Gasteiger partial charge < -0.3 is 10.0 Å². The van der Waals surface area contributed by atoms with E-state index in [-0.39, 0.29) is 5.82 Å². The van der Waals surface area contributed by atoms with E-state index in [2.05, 4.69) is 4.72 Å². The Labute approximate surface area is 120 Å². The number of halogens is 1. The lowest BCUT2D eigenvalue weighted by molar-refractivity contribution is -0.141. The number of hydrogen-bond acceptors (Lipinski definition) is 3. The molecular weight excluding hydrogens is 283 g/mol. The van der Waals surface area contributed by atoms with E-state index >= 15 is 0 Å². The van der Waals surface area contributed by atoms with Gasteiger partial charge in [-0.15, -0.1) is 0 Å². The van der Waals surface area contributed by atoms with E-state index in [1.165, 1.54) is 17.0 Å². The molecule has 0 bridgehead atoms. The van der Waals surface area contributed by atoms with Crippen LogP contribution < -0.4 is 4.72 Å². The summed E-state index contributed by atoms with van der Waals surface area (Å²) < 4.78 is 15.6. The van der Waals surface area contributed by atoms with Crippen LogP contribution in [0.25, 0.3) is 0 Å². The molecule has 2 rings (SSSR count). The van der Waals surface area contributed by atoms with Crippen LogP contribution in [-0.4, -0.2) is 34.6 Å². The first-order chi connectivity index (χ1) is 9.58. The van der Waals surface area contributed by atoms with Crippen molar-refractivity contribution in [3.05, 3.63) is 35.6 Å². The van der Waals surface area contributed by atoms with E-state index in [0.29, 0.717) is 25.1 Å². The van der Waals surface area contributed by atoms with Crippen molar-refractivity contribution in [1.82, 2.24) is 9.62 Å². The molecule has 5 nitrogen and oxygen atoms in total. The van der Waals surface area contributed by atoms with E-state index in [1.54, 1.807) is 12.1 Å². The van der Waals surface area contributed by atoms with Gasteiger partial charge in [-0.05, 0) is 42.5 Å². The van der Waals surface area contributed by atoms with Crippen LogP contribution in [0.2, 0.25) is 0 Å². The van der Waals surface area contributed by atoms with Crippen molar-refractivity contribution in [2.45, 2.75) is 24.6 Å². The highest BCUT2D eigenvalue weighted by Crippen LogP contribution is 2.18. The summed E-state index contributed by atoms with van der Waals surface area (Å²) >= 11 is 1.12. The van der Waals surface area contributed by atoms with Gasteiger partial charge in [-0.1, -0.05) is 12.1 Å². The van der Waals surface area contributed by atoms with E-state index in [4.69, 9.17) is 5.11 Å². The van der Waals surface area contributed by atoms with Gasteiger partial charge >= 0.3 is 12.0 Å². The Hall–Kier alpha value is -1.76. The number of amides is 2. The van der Waals surface area contributed by atoms with Gasteiger partial charge in [0.05, 0.1) is 0 Å². The molecule has 1 aromatic carbocycles. The fraction of sp³-hybridized carbons (Fsp3) is 0.385. The first kappa shape index (κ1) is 14.6. The maximum Gasteiger partial charge on any atom is 0.328 e. The smallest absolute Gasteiger partial charge is 0.328 e. The summed E-state index contributed by atoms with van der Waals surface area (Å²) in [5, 5.41) is 9.00. The average molecular weight is 298 g/mol. The highest BCUT2D eigenvalue weighted by Gasteiger charge is 2.33. The van der Waals surface area contributed by atoms with Crippen LogP contribution in [0.4, 0.5) is 9.18 Å². The molecule has 0 unspecified atom stereocenters. The van der Waals surface area contributed by atoms with Crippen molar-refractivity contribution < 1.29 is 19.1 Å². The number of benzene rings is 1. The monoisotopic (exact) mass is 298 g/mol. The van der Waals surface area contributed by atoms with Crippen molar-refractivity contribution in [3.8, 4) is 0 Å². The van der Waals surface area contributed by atoms with Gasteiger partial charge in [0.25, 0.3) is 0 Å². The molecule has 1 saturated heterocycles. The summed E-state index contributed by atoms with van der Waals surface area (Å²) in [6.07, 6.45) is 1.18. The quantitative estimate of drug-likeness (QED) is 0.836. The zero-order valence-electron chi connectivity index (χ0n) is 10.7. The molecule has 1 aromatic rings. The largest absolute Gasteiger partial charge is 0.480 e. The Morgan fingerprint density at radius 3 is 3.00 bits per heavy atom. The summed E-state index contributed by atoms with van der Waals surface area (Å²) in [7, 11) is 0. The fourth-order valence-corrected chi connectivity index (χ4v) is 2.79. The molecule has 1 aliphatic rings. The molecule has 0 aliphatic carbocycles. The third-order valence-electron chi connectivity index (χ3n) is 3.09. The minimum atomic E-state index is -0.979. The van der Waals surface area contributed by atoms with Crippen LogP contribution in [-0.2, 0) is 10.5 Å². The average Bonchev–Trinajstić information content (AvgIpc) is 2.88. The Kier molecular flexibility index (Phi) is 4.84. The lowest BCUT2D eigenvalue weighted by Crippen LogP contribution is -2.44. The number of urea groups is 1. The summed E-state index contributed by atoms with van der Waals surface area (Å²) in [6, 6.07) is 4.97. The van der Waals surface area contributed by atoms with Gasteiger partial charge in [-0.2, -0.15) is 0 Å². The number of likely N-dealkylation sites (tertiary alicyclic amines) is 1. The minimum absolute atomic E-state index is 0.320. The number of nitrogens with one attached hydrogen (secondary N) is 1. The number of carboxylic acids is 1. The van der Waals surface area contributed by atoms with Gasteiger partial charge in [0, 0.05) is 12.3 Å². The minimum Gasteiger partial charge on any atom is -0.480 e. The van der Waals surface area contributed by atoms with Crippen molar-refractivity contribution in [1.29, 1.82) is 0 Å². The van der Waals surface area contributed by atoms with Crippen LogP contribution in [0.5, 0.6) is 0 Å². The van der Waals surface area contributed by atoms with Gasteiger partial charge in [0.1, 0.15) is 11.9 Å². The van der Waals surface area contributed by atoms with Crippen molar-refractivity contribution in [2.24, 2.45) is 0 Å². The highest BCUT2D eigenvalue weighted by molar-refractivity contribution is 7.97. The molecule has 0 spiro atoms. The summed E-state index contributed by atoms with van der Waals surface area (Å²) in [6.45, 7) is 0.448. The van der Waals surface area contributed by atoms with Gasteiger partial charge in [0.15, 0.2) is 0 Å². The number of carbonyl (C=O) groups excluding carboxylic acids is 1. The fourth-order valence-electron chi connectivity index (χ4n) is 2.13. The number of hydrogen-bond donors (Lipinski definition) is 2. The maximum absolute atomic E-state index is 13.0. The zero-order chi connectivity index (χ0) is 14.5. The molecule has 1 atom stereocenters. The van der Waals surface area contributed by atoms with E-state index < -0.39 is 18.0 Å². The Balaban J connectivity index is 1.82. The SMILES string of the molecule is O=C(O)[C@@H]1CCCN1C(=O)NSCc1cccc(F)c1. The van der Waals surface area contributed by atoms with Crippen LogP contribution in [0.15, 0.2) is 24.3 Å². The Morgan fingerprint density at radius 2 is 2.30 bits per heavy atom. The molecule has 1 heterocycles. The van der Waals surface area contributed by atoms with Gasteiger partial charge in [-0.25, -0.2) is 14.0 Å². The van der Waals surface area contributed by atoms with Crippen LogP contribution in [0.1, 0.15) is 18.4 Å². The van der Waals surface area contributed by atoms with Crippen LogP contribution in [0, 0.1) is 5.82 Å². The summed E-state index contributed by atoms with van der Waals surface area (Å²) in [5.41, 5.74) is 0.756. The second kappa shape index (κ2) is 6.60. The standard InChI is InChI=1S/C13H15FN2O3S/c14-10-4-1-3-9(7-10)8-20-15-13(19)16-6-2-5-11(16)12(17)18/h1,3-4,7,11H,2,5-6,8H2,(H,15,19)(H,17,18)/t11-/m0/s1. The highest BCUT2D eigenvalue weighted by atomic mass is 32.2. The number of aliphatic carboxylic acids is 1. The van der Waals surface area contributed by atoms with E-state index in [0.717, 1.165) is 17.5 Å². The molecular formula is C13H15FN2O3S. The Morgan fingerprint density at radius 1 is 1.50 bits per heavy atom. The third-order valence-corrected chi connectivity index (χ3v) is 3.88. The predicted octanol–water partition coefficient (Wildman–Crippen LogP) is 2.23. The van der Waals surface area contributed by atoms with Crippen molar-refractivity contribution in [2.75, 3.05) is 6.54 Å². The first-order valence-corrected chi connectivity index (χ1v) is 7.22. The molecule has 7 heteroatoms. The molecule has 0 radical (unpaired) electrons. The lowest BCUT2D eigenvalue weighted by Gasteiger charge is -2.21. The summed E-state index contributed by atoms with van der Waals surface area (Å²) in [4.78, 5) is 24.2. The maximum atomic E-state index is 13.0. The molecule has 0 saturated carbocycles. The first-order valence-electron chi connectivity index (χ1n) is 6.23. The second-order valence-corrected chi connectivity index (χ2v) is 5.30. The predicted molar refractivity (Wildman–Crippen MR) is 73.6 cm³/mol. The number of carbonyl (C=O) groups is 2. The molecule has 0 aromatic heterocycles. The van der Waals surface area contributed by atoms with Crippen molar-refractivity contribution >= 4 is 23.9 Å². The molecule has 2 amide bonds. The van der Waals surface area contributed by atoms with Gasteiger partial charge in [-0.3, -0.25) is 4.72 Å². The molecule has 2 N–H and O–H groups in total. The molecule has 108 valence electrons. The third kappa shape index (κ3) is 3.63. The zero-order valence-corrected chi connectivity index (χ0v) is 11.5. The van der Waals surface area contributed by atoms with Crippen LogP contribution in [0.3, 0.4) is 0 Å². The lowest BCUT2D eigenvalue weighted by atomic mass is 10.2. The van der Waals surface area contributed by atoms with Crippen LogP contribution >= 0.6 is 11.9 Å².